The SMILES string of the molecule is CCOc1ccc(C(=O)NCC(=O)NNC(=O)COc2cccc(C)c2)cc1. The number of aryl methyl sites for hydroxylation is 1. The molecule has 2 aromatic rings. The summed E-state index contributed by atoms with van der Waals surface area (Å²) in [6.07, 6.45) is 0. The Morgan fingerprint density at radius 1 is 0.893 bits per heavy atom. The van der Waals surface area contributed by atoms with E-state index in [-0.39, 0.29) is 13.2 Å². The molecule has 0 saturated heterocycles. The molecule has 8 heteroatoms. The van der Waals surface area contributed by atoms with E-state index >= 15 is 0 Å². The largest absolute Gasteiger partial charge is 0.494 e. The number of hydrogen-bond donors (Lipinski definition) is 3. The Morgan fingerprint density at radius 2 is 1.61 bits per heavy atom. The zero-order chi connectivity index (χ0) is 20.4. The molecular formula is C20H23N3O5. The topological polar surface area (TPSA) is 106 Å². The number of amides is 3. The maximum absolute atomic E-state index is 12.0. The molecule has 0 aliphatic heterocycles. The average Bonchev–Trinajstić information content (AvgIpc) is 2.69. The lowest BCUT2D eigenvalue weighted by atomic mass is 10.2. The molecule has 2 aromatic carbocycles. The van der Waals surface area contributed by atoms with E-state index in [9.17, 15) is 14.4 Å². The minimum absolute atomic E-state index is 0.248. The number of carbonyl (C=O) groups excluding carboxylic acids is 3. The fourth-order valence-corrected chi connectivity index (χ4v) is 2.21. The van der Waals surface area contributed by atoms with Gasteiger partial charge in [-0.3, -0.25) is 25.2 Å². The molecule has 0 aliphatic carbocycles. The van der Waals surface area contributed by atoms with Gasteiger partial charge < -0.3 is 14.8 Å². The Morgan fingerprint density at radius 3 is 2.29 bits per heavy atom. The fraction of sp³-hybridized carbons (Fsp3) is 0.250. The van der Waals surface area contributed by atoms with Crippen LogP contribution in [0.1, 0.15) is 22.8 Å². The van der Waals surface area contributed by atoms with Gasteiger partial charge in [0.1, 0.15) is 11.5 Å². The van der Waals surface area contributed by atoms with Crippen LogP contribution in [0.25, 0.3) is 0 Å². The van der Waals surface area contributed by atoms with Crippen LogP contribution in [0.5, 0.6) is 11.5 Å². The van der Waals surface area contributed by atoms with Gasteiger partial charge in [-0.1, -0.05) is 12.1 Å². The normalized spacial score (nSPS) is 9.93. The van der Waals surface area contributed by atoms with Gasteiger partial charge in [0, 0.05) is 5.56 Å². The first-order valence-corrected chi connectivity index (χ1v) is 8.76. The van der Waals surface area contributed by atoms with Crippen molar-refractivity contribution in [2.24, 2.45) is 0 Å². The molecule has 0 atom stereocenters. The Balaban J connectivity index is 1.67. The highest BCUT2D eigenvalue weighted by Crippen LogP contribution is 2.12. The number of hydrogen-bond acceptors (Lipinski definition) is 5. The van der Waals surface area contributed by atoms with Crippen molar-refractivity contribution in [2.75, 3.05) is 19.8 Å². The lowest BCUT2D eigenvalue weighted by Gasteiger charge is -2.10. The lowest BCUT2D eigenvalue weighted by Crippen LogP contribution is -2.47. The minimum atomic E-state index is -0.566. The zero-order valence-corrected chi connectivity index (χ0v) is 15.8. The molecule has 2 rings (SSSR count). The summed E-state index contributed by atoms with van der Waals surface area (Å²) in [5.41, 5.74) is 5.83. The zero-order valence-electron chi connectivity index (χ0n) is 15.8. The highest BCUT2D eigenvalue weighted by atomic mass is 16.5. The highest BCUT2D eigenvalue weighted by molar-refractivity contribution is 5.96. The number of nitrogens with one attached hydrogen (secondary N) is 3. The van der Waals surface area contributed by atoms with E-state index in [4.69, 9.17) is 9.47 Å². The summed E-state index contributed by atoms with van der Waals surface area (Å²) in [4.78, 5) is 35.4. The monoisotopic (exact) mass is 385 g/mol. The van der Waals surface area contributed by atoms with E-state index in [1.807, 2.05) is 26.0 Å². The van der Waals surface area contributed by atoms with E-state index < -0.39 is 17.7 Å². The van der Waals surface area contributed by atoms with E-state index in [1.54, 1.807) is 36.4 Å². The number of carbonyl (C=O) groups is 3. The van der Waals surface area contributed by atoms with Crippen LogP contribution in [0, 0.1) is 6.92 Å². The molecule has 0 bridgehead atoms. The molecule has 0 fully saturated rings. The molecule has 28 heavy (non-hydrogen) atoms. The van der Waals surface area contributed by atoms with Crippen molar-refractivity contribution in [3.05, 3.63) is 59.7 Å². The first-order chi connectivity index (χ1) is 13.5. The van der Waals surface area contributed by atoms with Crippen LogP contribution in [0.4, 0.5) is 0 Å². The third kappa shape index (κ3) is 6.99. The Labute approximate surface area is 163 Å². The maximum Gasteiger partial charge on any atom is 0.276 e. The first-order valence-electron chi connectivity index (χ1n) is 8.76. The summed E-state index contributed by atoms with van der Waals surface area (Å²) >= 11 is 0. The van der Waals surface area contributed by atoms with E-state index in [0.29, 0.717) is 23.7 Å². The number of benzene rings is 2. The Hall–Kier alpha value is -3.55. The maximum atomic E-state index is 12.0. The van der Waals surface area contributed by atoms with Crippen LogP contribution in [-0.2, 0) is 9.59 Å². The van der Waals surface area contributed by atoms with Crippen LogP contribution in [0.15, 0.2) is 48.5 Å². The van der Waals surface area contributed by atoms with Crippen LogP contribution in [0.2, 0.25) is 0 Å². The van der Waals surface area contributed by atoms with Crippen molar-refractivity contribution in [1.82, 2.24) is 16.2 Å². The van der Waals surface area contributed by atoms with Gasteiger partial charge in [-0.05, 0) is 55.8 Å². The van der Waals surface area contributed by atoms with Crippen LogP contribution >= 0.6 is 0 Å². The number of hydrazine groups is 1. The van der Waals surface area contributed by atoms with Crippen LogP contribution in [0.3, 0.4) is 0 Å². The predicted molar refractivity (Wildman–Crippen MR) is 103 cm³/mol. The van der Waals surface area contributed by atoms with E-state index in [0.717, 1.165) is 5.56 Å². The van der Waals surface area contributed by atoms with Gasteiger partial charge in [-0.15, -0.1) is 0 Å². The Kier molecular flexibility index (Phi) is 7.83. The van der Waals surface area contributed by atoms with Crippen LogP contribution in [-0.4, -0.2) is 37.5 Å². The summed E-state index contributed by atoms with van der Waals surface area (Å²) in [6, 6.07) is 13.8. The third-order valence-corrected chi connectivity index (χ3v) is 3.54. The molecule has 0 spiro atoms. The van der Waals surface area contributed by atoms with Crippen LogP contribution < -0.4 is 25.6 Å². The van der Waals surface area contributed by atoms with Gasteiger partial charge in [0.2, 0.25) is 0 Å². The van der Waals surface area contributed by atoms with E-state index in [1.165, 1.54) is 0 Å². The molecule has 148 valence electrons. The molecule has 0 aliphatic rings. The number of rotatable bonds is 8. The minimum Gasteiger partial charge on any atom is -0.494 e. The van der Waals surface area contributed by atoms with Gasteiger partial charge in [-0.25, -0.2) is 0 Å². The molecule has 0 radical (unpaired) electrons. The van der Waals surface area contributed by atoms with Crippen molar-refractivity contribution in [1.29, 1.82) is 0 Å². The molecule has 0 unspecified atom stereocenters. The van der Waals surface area contributed by atoms with Crippen molar-refractivity contribution in [3.63, 3.8) is 0 Å². The second-order valence-corrected chi connectivity index (χ2v) is 5.84. The molecule has 0 aromatic heterocycles. The lowest BCUT2D eigenvalue weighted by molar-refractivity contribution is -0.129. The van der Waals surface area contributed by atoms with Gasteiger partial charge in [0.15, 0.2) is 6.61 Å². The quantitative estimate of drug-likeness (QED) is 0.595. The van der Waals surface area contributed by atoms with Gasteiger partial charge >= 0.3 is 0 Å². The molecule has 3 N–H and O–H groups in total. The van der Waals surface area contributed by atoms with Gasteiger partial charge in [0.05, 0.1) is 13.2 Å². The molecule has 0 saturated carbocycles. The van der Waals surface area contributed by atoms with Gasteiger partial charge in [0.25, 0.3) is 17.7 Å². The van der Waals surface area contributed by atoms with Crippen molar-refractivity contribution < 1.29 is 23.9 Å². The number of ether oxygens (including phenoxy) is 2. The summed E-state index contributed by atoms with van der Waals surface area (Å²) in [6.45, 7) is 3.78. The van der Waals surface area contributed by atoms with Gasteiger partial charge in [-0.2, -0.15) is 0 Å². The Bertz CT molecular complexity index is 821. The van der Waals surface area contributed by atoms with Crippen molar-refractivity contribution in [2.45, 2.75) is 13.8 Å². The summed E-state index contributed by atoms with van der Waals surface area (Å²) < 4.78 is 10.6. The van der Waals surface area contributed by atoms with Crippen molar-refractivity contribution >= 4 is 17.7 Å². The second kappa shape index (κ2) is 10.6. The predicted octanol–water partition coefficient (Wildman–Crippen LogP) is 1.35. The summed E-state index contributed by atoms with van der Waals surface area (Å²) in [5.74, 6) is -0.278. The molecule has 8 nitrogen and oxygen atoms in total. The summed E-state index contributed by atoms with van der Waals surface area (Å²) in [7, 11) is 0. The fourth-order valence-electron chi connectivity index (χ4n) is 2.21. The smallest absolute Gasteiger partial charge is 0.276 e. The average molecular weight is 385 g/mol. The second-order valence-electron chi connectivity index (χ2n) is 5.84. The molecular weight excluding hydrogens is 362 g/mol. The first kappa shape index (κ1) is 20.8. The summed E-state index contributed by atoms with van der Waals surface area (Å²) in [5, 5.41) is 2.46. The molecule has 0 heterocycles. The van der Waals surface area contributed by atoms with E-state index in [2.05, 4.69) is 16.2 Å². The van der Waals surface area contributed by atoms with Crippen molar-refractivity contribution in [3.8, 4) is 11.5 Å². The molecule has 3 amide bonds. The highest BCUT2D eigenvalue weighted by Gasteiger charge is 2.09. The third-order valence-electron chi connectivity index (χ3n) is 3.54. The standard InChI is InChI=1S/C20H23N3O5/c1-3-27-16-9-7-15(8-10-16)20(26)21-12-18(24)22-23-19(25)13-28-17-6-4-5-14(2)11-17/h4-11H,3,12-13H2,1-2H3,(H,21,26)(H,22,24)(H,23,25).